The fraction of sp³-hybridized carbons (Fsp3) is 0.385. The van der Waals surface area contributed by atoms with Gasteiger partial charge in [-0.15, -0.1) is 0 Å². The molecule has 1 atom stereocenters. The quantitative estimate of drug-likeness (QED) is 0.873. The molecule has 1 aromatic rings. The van der Waals surface area contributed by atoms with Crippen LogP contribution in [-0.2, 0) is 4.74 Å². The van der Waals surface area contributed by atoms with E-state index < -0.39 is 0 Å². The smallest absolute Gasteiger partial charge is 0.414 e. The number of carbonyl (C=O) groups excluding carboxylic acids is 1. The number of nitrogens with one attached hydrogen (secondary N) is 1. The number of hydrogen-bond donors (Lipinski definition) is 1. The summed E-state index contributed by atoms with van der Waals surface area (Å²) in [6.45, 7) is 1.89. The average Bonchev–Trinajstić information content (AvgIpc) is 2.41. The SMILES string of the molecule is CNCC1COC(=O)N(c2ccc(C#N)cc2)C1. The molecule has 0 aliphatic carbocycles. The summed E-state index contributed by atoms with van der Waals surface area (Å²) in [5.74, 6) is 0.281. The highest BCUT2D eigenvalue weighted by atomic mass is 16.6. The summed E-state index contributed by atoms with van der Waals surface area (Å²) >= 11 is 0. The fourth-order valence-corrected chi connectivity index (χ4v) is 1.99. The molecule has 0 spiro atoms. The Balaban J connectivity index is 2.14. The third-order valence-electron chi connectivity index (χ3n) is 2.90. The first-order valence-electron chi connectivity index (χ1n) is 5.83. The monoisotopic (exact) mass is 245 g/mol. The third kappa shape index (κ3) is 2.60. The molecule has 0 radical (unpaired) electrons. The van der Waals surface area contributed by atoms with Crippen LogP contribution in [0, 0.1) is 17.2 Å². The van der Waals surface area contributed by atoms with E-state index >= 15 is 0 Å². The first-order valence-corrected chi connectivity index (χ1v) is 5.83. The number of cyclic esters (lactones) is 1. The molecule has 5 nitrogen and oxygen atoms in total. The summed E-state index contributed by atoms with van der Waals surface area (Å²) in [6.07, 6.45) is -0.327. The van der Waals surface area contributed by atoms with Gasteiger partial charge in [0.25, 0.3) is 0 Å². The zero-order valence-corrected chi connectivity index (χ0v) is 10.2. The number of ether oxygens (including phenoxy) is 1. The van der Waals surface area contributed by atoms with Crippen LogP contribution >= 0.6 is 0 Å². The van der Waals surface area contributed by atoms with Crippen molar-refractivity contribution in [1.29, 1.82) is 5.26 Å². The van der Waals surface area contributed by atoms with E-state index in [0.717, 1.165) is 12.2 Å². The summed E-state index contributed by atoms with van der Waals surface area (Å²) in [7, 11) is 1.88. The summed E-state index contributed by atoms with van der Waals surface area (Å²) in [5.41, 5.74) is 1.34. The number of rotatable bonds is 3. The van der Waals surface area contributed by atoms with Crippen molar-refractivity contribution in [3.63, 3.8) is 0 Å². The van der Waals surface area contributed by atoms with Crippen molar-refractivity contribution in [2.45, 2.75) is 0 Å². The number of benzene rings is 1. The number of anilines is 1. The van der Waals surface area contributed by atoms with Crippen molar-refractivity contribution in [3.05, 3.63) is 29.8 Å². The predicted molar refractivity (Wildman–Crippen MR) is 67.3 cm³/mol. The zero-order valence-electron chi connectivity index (χ0n) is 10.2. The Bertz CT molecular complexity index is 464. The van der Waals surface area contributed by atoms with Crippen molar-refractivity contribution in [2.24, 2.45) is 5.92 Å². The fourth-order valence-electron chi connectivity index (χ4n) is 1.99. The highest BCUT2D eigenvalue weighted by molar-refractivity contribution is 5.88. The van der Waals surface area contributed by atoms with Crippen LogP contribution in [-0.4, -0.2) is 32.8 Å². The maximum Gasteiger partial charge on any atom is 0.414 e. The molecule has 0 aromatic heterocycles. The van der Waals surface area contributed by atoms with Gasteiger partial charge in [-0.2, -0.15) is 5.26 Å². The lowest BCUT2D eigenvalue weighted by molar-refractivity contribution is 0.115. The lowest BCUT2D eigenvalue weighted by Gasteiger charge is -2.32. The molecule has 1 aromatic carbocycles. The van der Waals surface area contributed by atoms with Crippen molar-refractivity contribution in [3.8, 4) is 6.07 Å². The maximum absolute atomic E-state index is 11.7. The van der Waals surface area contributed by atoms with Gasteiger partial charge in [0.2, 0.25) is 0 Å². The molecule has 1 unspecified atom stereocenters. The Morgan fingerprint density at radius 2 is 2.22 bits per heavy atom. The minimum Gasteiger partial charge on any atom is -0.449 e. The largest absolute Gasteiger partial charge is 0.449 e. The Labute approximate surface area is 106 Å². The van der Waals surface area contributed by atoms with E-state index in [2.05, 4.69) is 11.4 Å². The molecule has 1 heterocycles. The Hall–Kier alpha value is -2.06. The first-order chi connectivity index (χ1) is 8.74. The summed E-state index contributed by atoms with van der Waals surface area (Å²) < 4.78 is 5.15. The summed E-state index contributed by atoms with van der Waals surface area (Å²) in [5, 5.41) is 11.8. The van der Waals surface area contributed by atoms with Gasteiger partial charge in [0.1, 0.15) is 0 Å². The molecule has 1 aliphatic heterocycles. The van der Waals surface area contributed by atoms with Gasteiger partial charge in [-0.1, -0.05) is 0 Å². The van der Waals surface area contributed by atoms with Gasteiger partial charge >= 0.3 is 6.09 Å². The molecule has 0 saturated carbocycles. The molecular formula is C13H15N3O2. The van der Waals surface area contributed by atoms with Crippen LogP contribution in [0.25, 0.3) is 0 Å². The molecule has 94 valence electrons. The third-order valence-corrected chi connectivity index (χ3v) is 2.90. The lowest BCUT2D eigenvalue weighted by atomic mass is 10.1. The molecule has 1 N–H and O–H groups in total. The highest BCUT2D eigenvalue weighted by Gasteiger charge is 2.27. The van der Waals surface area contributed by atoms with Crippen LogP contribution < -0.4 is 10.2 Å². The molecular weight excluding hydrogens is 230 g/mol. The number of nitrogens with zero attached hydrogens (tertiary/aromatic N) is 2. The molecule has 5 heteroatoms. The second kappa shape index (κ2) is 5.52. The maximum atomic E-state index is 11.7. The van der Waals surface area contributed by atoms with Gasteiger partial charge in [-0.3, -0.25) is 4.90 Å². The highest BCUT2D eigenvalue weighted by Crippen LogP contribution is 2.21. The number of carbonyl (C=O) groups is 1. The molecule has 0 bridgehead atoms. The summed E-state index contributed by atoms with van der Waals surface area (Å²) in [6, 6.07) is 8.98. The molecule has 2 rings (SSSR count). The van der Waals surface area contributed by atoms with E-state index in [1.807, 2.05) is 7.05 Å². The molecule has 1 amide bonds. The van der Waals surface area contributed by atoms with Crippen molar-refractivity contribution in [2.75, 3.05) is 31.6 Å². The van der Waals surface area contributed by atoms with E-state index in [1.54, 1.807) is 29.2 Å². The average molecular weight is 245 g/mol. The summed E-state index contributed by atoms with van der Waals surface area (Å²) in [4.78, 5) is 13.3. The van der Waals surface area contributed by atoms with Gasteiger partial charge in [0.05, 0.1) is 18.2 Å². The number of hydrogen-bond acceptors (Lipinski definition) is 4. The van der Waals surface area contributed by atoms with Crippen LogP contribution in [0.15, 0.2) is 24.3 Å². The standard InChI is InChI=1S/C13H15N3O2/c1-15-7-11-8-16(13(17)18-9-11)12-4-2-10(6-14)3-5-12/h2-5,11,15H,7-9H2,1H3. The second-order valence-corrected chi connectivity index (χ2v) is 4.27. The zero-order chi connectivity index (χ0) is 13.0. The van der Waals surface area contributed by atoms with Crippen LogP contribution in [0.1, 0.15) is 5.56 Å². The van der Waals surface area contributed by atoms with E-state index in [9.17, 15) is 4.79 Å². The Morgan fingerprint density at radius 3 is 2.83 bits per heavy atom. The minimum absolute atomic E-state index is 0.281. The van der Waals surface area contributed by atoms with Gasteiger partial charge in [-0.25, -0.2) is 4.79 Å². The van der Waals surface area contributed by atoms with Crippen LogP contribution in [0.3, 0.4) is 0 Å². The van der Waals surface area contributed by atoms with E-state index in [0.29, 0.717) is 18.7 Å². The van der Waals surface area contributed by atoms with Gasteiger partial charge in [0.15, 0.2) is 0 Å². The van der Waals surface area contributed by atoms with E-state index in [-0.39, 0.29) is 12.0 Å². The van der Waals surface area contributed by atoms with E-state index in [1.165, 1.54) is 0 Å². The van der Waals surface area contributed by atoms with Gasteiger partial charge in [0, 0.05) is 24.7 Å². The van der Waals surface area contributed by atoms with Crippen molar-refractivity contribution in [1.82, 2.24) is 5.32 Å². The van der Waals surface area contributed by atoms with Crippen molar-refractivity contribution >= 4 is 11.8 Å². The molecule has 1 saturated heterocycles. The predicted octanol–water partition coefficient (Wildman–Crippen LogP) is 1.35. The lowest BCUT2D eigenvalue weighted by Crippen LogP contribution is -2.46. The second-order valence-electron chi connectivity index (χ2n) is 4.27. The minimum atomic E-state index is -0.327. The van der Waals surface area contributed by atoms with Crippen molar-refractivity contribution < 1.29 is 9.53 Å². The normalized spacial score (nSPS) is 19.2. The Morgan fingerprint density at radius 1 is 1.50 bits per heavy atom. The van der Waals surface area contributed by atoms with Crippen LogP contribution in [0.2, 0.25) is 0 Å². The Kier molecular flexibility index (Phi) is 3.80. The topological polar surface area (TPSA) is 65.4 Å². The molecule has 1 aliphatic rings. The van der Waals surface area contributed by atoms with Crippen LogP contribution in [0.5, 0.6) is 0 Å². The van der Waals surface area contributed by atoms with Gasteiger partial charge < -0.3 is 10.1 Å². The van der Waals surface area contributed by atoms with Crippen LogP contribution in [0.4, 0.5) is 10.5 Å². The molecule has 18 heavy (non-hydrogen) atoms. The van der Waals surface area contributed by atoms with E-state index in [4.69, 9.17) is 10.00 Å². The molecule has 1 fully saturated rings. The number of amides is 1. The van der Waals surface area contributed by atoms with Gasteiger partial charge in [-0.05, 0) is 31.3 Å². The number of nitriles is 1. The first kappa shape index (κ1) is 12.4.